The average molecular weight is 363 g/mol. The van der Waals surface area contributed by atoms with E-state index in [1.54, 1.807) is 0 Å². The number of alkyl halides is 6. The molecule has 0 aromatic heterocycles. The predicted octanol–water partition coefficient (Wildman–Crippen LogP) is 5.23. The Morgan fingerprint density at radius 3 is 1.29 bits per heavy atom. The van der Waals surface area contributed by atoms with Crippen LogP contribution in [0.4, 0.5) is 0 Å². The zero-order valence-electron chi connectivity index (χ0n) is 6.32. The first kappa shape index (κ1) is 16.4. The molecular formula is C4H4Cl7O2P. The van der Waals surface area contributed by atoms with E-state index in [1.165, 1.54) is 0 Å². The molecule has 0 heterocycles. The summed E-state index contributed by atoms with van der Waals surface area (Å²) < 4.78 is 6.59. The van der Waals surface area contributed by atoms with Gasteiger partial charge in [-0.1, -0.05) is 69.6 Å². The summed E-state index contributed by atoms with van der Waals surface area (Å²) in [6.45, 7) is -0.403. The molecule has 14 heavy (non-hydrogen) atoms. The van der Waals surface area contributed by atoms with Crippen LogP contribution < -0.4 is 0 Å². The fourth-order valence-corrected chi connectivity index (χ4v) is 2.03. The average Bonchev–Trinajstić information content (AvgIpc) is 1.94. The molecule has 0 aliphatic heterocycles. The van der Waals surface area contributed by atoms with Crippen molar-refractivity contribution in [2.45, 2.75) is 7.59 Å². The van der Waals surface area contributed by atoms with Crippen molar-refractivity contribution in [2.24, 2.45) is 0 Å². The molecule has 0 radical (unpaired) electrons. The van der Waals surface area contributed by atoms with Crippen LogP contribution in [0.2, 0.25) is 0 Å². The maximum absolute atomic E-state index is 5.56. The molecule has 0 rings (SSSR count). The van der Waals surface area contributed by atoms with E-state index >= 15 is 0 Å². The molecule has 0 N–H and O–H groups in total. The molecule has 0 aromatic rings. The quantitative estimate of drug-likeness (QED) is 0.503. The van der Waals surface area contributed by atoms with E-state index in [1.807, 2.05) is 0 Å². The van der Waals surface area contributed by atoms with Crippen molar-refractivity contribution in [3.05, 3.63) is 0 Å². The first-order valence-electron chi connectivity index (χ1n) is 2.95. The monoisotopic (exact) mass is 360 g/mol. The van der Waals surface area contributed by atoms with Crippen LogP contribution in [0.1, 0.15) is 0 Å². The fraction of sp³-hybridized carbons (Fsp3) is 1.00. The zero-order chi connectivity index (χ0) is 11.4. The van der Waals surface area contributed by atoms with Gasteiger partial charge in [0.25, 0.3) is 7.73 Å². The Balaban J connectivity index is 3.62. The van der Waals surface area contributed by atoms with E-state index in [-0.39, 0.29) is 13.2 Å². The minimum Gasteiger partial charge on any atom is -0.318 e. The highest BCUT2D eigenvalue weighted by molar-refractivity contribution is 7.76. The molecular weight excluding hydrogens is 359 g/mol. The largest absolute Gasteiger partial charge is 0.318 e. The van der Waals surface area contributed by atoms with Gasteiger partial charge in [0.15, 0.2) is 0 Å². The van der Waals surface area contributed by atoms with E-state index in [9.17, 15) is 0 Å². The lowest BCUT2D eigenvalue weighted by Gasteiger charge is -2.16. The second-order valence-corrected chi connectivity index (χ2v) is 8.79. The van der Waals surface area contributed by atoms with E-state index < -0.39 is 15.3 Å². The second-order valence-electron chi connectivity index (χ2n) is 1.99. The van der Waals surface area contributed by atoms with E-state index in [0.29, 0.717) is 0 Å². The van der Waals surface area contributed by atoms with Gasteiger partial charge in [0, 0.05) is 0 Å². The van der Waals surface area contributed by atoms with Crippen LogP contribution in [0.3, 0.4) is 0 Å². The highest BCUT2D eigenvalue weighted by Gasteiger charge is 2.25. The van der Waals surface area contributed by atoms with Gasteiger partial charge >= 0.3 is 0 Å². The van der Waals surface area contributed by atoms with Gasteiger partial charge in [-0.25, -0.2) is 0 Å². The molecule has 0 unspecified atom stereocenters. The molecule has 2 nitrogen and oxygen atoms in total. The first-order chi connectivity index (χ1) is 6.10. The summed E-state index contributed by atoms with van der Waals surface area (Å²) >= 11 is 37.9. The summed E-state index contributed by atoms with van der Waals surface area (Å²) in [5, 5.41) is 0. The van der Waals surface area contributed by atoms with Crippen molar-refractivity contribution < 1.29 is 9.05 Å². The van der Waals surface area contributed by atoms with Crippen LogP contribution in [0.5, 0.6) is 0 Å². The van der Waals surface area contributed by atoms with Gasteiger partial charge in [0.2, 0.25) is 7.59 Å². The van der Waals surface area contributed by atoms with Gasteiger partial charge in [-0.05, 0) is 11.2 Å². The lowest BCUT2D eigenvalue weighted by Crippen LogP contribution is -2.13. The molecule has 10 heteroatoms. The molecule has 0 aliphatic rings. The van der Waals surface area contributed by atoms with Crippen molar-refractivity contribution in [2.75, 3.05) is 13.2 Å². The van der Waals surface area contributed by atoms with Gasteiger partial charge in [0.05, 0.1) is 0 Å². The van der Waals surface area contributed by atoms with E-state index in [4.69, 9.17) is 89.9 Å². The maximum Gasteiger partial charge on any atom is 0.277 e. The normalized spacial score (nSPS) is 13.7. The Labute approximate surface area is 118 Å². The van der Waals surface area contributed by atoms with Crippen molar-refractivity contribution in [3.63, 3.8) is 0 Å². The Morgan fingerprint density at radius 2 is 1.07 bits per heavy atom. The molecule has 0 atom stereocenters. The standard InChI is InChI=1S/C4H4Cl7O2P/c5-3(6,7)1-12-14(11)13-2-4(8,9)10/h1-2H2. The number of halogens is 7. The number of rotatable bonds is 4. The smallest absolute Gasteiger partial charge is 0.277 e. The Kier molecular flexibility index (Phi) is 8.14. The third-order valence-corrected chi connectivity index (χ3v) is 2.56. The van der Waals surface area contributed by atoms with Crippen LogP contribution in [0.15, 0.2) is 0 Å². The van der Waals surface area contributed by atoms with Crippen LogP contribution in [-0.4, -0.2) is 20.8 Å². The summed E-state index contributed by atoms with van der Waals surface area (Å²) in [6, 6.07) is 0. The Morgan fingerprint density at radius 1 is 0.786 bits per heavy atom. The lowest BCUT2D eigenvalue weighted by molar-refractivity contribution is 0.268. The molecule has 0 spiro atoms. The maximum atomic E-state index is 5.56. The third kappa shape index (κ3) is 12.4. The predicted molar refractivity (Wildman–Crippen MR) is 65.3 cm³/mol. The minimum atomic E-state index is -1.74. The fourth-order valence-electron chi connectivity index (χ4n) is 0.285. The summed E-state index contributed by atoms with van der Waals surface area (Å²) in [5.41, 5.74) is 0. The van der Waals surface area contributed by atoms with Crippen molar-refractivity contribution in [1.29, 1.82) is 0 Å². The van der Waals surface area contributed by atoms with Crippen LogP contribution in [0, 0.1) is 0 Å². The number of hydrogen-bond acceptors (Lipinski definition) is 2. The summed E-state index contributed by atoms with van der Waals surface area (Å²) in [4.78, 5) is 0. The Hall–Kier alpha value is 2.38. The van der Waals surface area contributed by atoms with Crippen molar-refractivity contribution in [3.8, 4) is 0 Å². The molecule has 86 valence electrons. The van der Waals surface area contributed by atoms with Gasteiger partial charge in [-0.2, -0.15) is 0 Å². The van der Waals surface area contributed by atoms with Gasteiger partial charge < -0.3 is 9.05 Å². The molecule has 0 saturated heterocycles. The molecule has 0 aliphatic carbocycles. The zero-order valence-corrected chi connectivity index (χ0v) is 12.5. The highest BCUT2D eigenvalue weighted by Crippen LogP contribution is 2.47. The first-order valence-corrected chi connectivity index (χ1v) is 7.30. The highest BCUT2D eigenvalue weighted by atomic mass is 35.7. The topological polar surface area (TPSA) is 18.5 Å². The summed E-state index contributed by atoms with van der Waals surface area (Å²) in [5.74, 6) is 0. The van der Waals surface area contributed by atoms with Crippen molar-refractivity contribution >= 4 is 88.6 Å². The number of hydrogen-bond donors (Lipinski definition) is 0. The van der Waals surface area contributed by atoms with Gasteiger partial charge in [-0.3, -0.25) is 0 Å². The third-order valence-electron chi connectivity index (χ3n) is 0.659. The second kappa shape index (κ2) is 6.96. The molecule has 0 fully saturated rings. The molecule has 0 bridgehead atoms. The summed E-state index contributed by atoms with van der Waals surface area (Å²) in [6.07, 6.45) is 0. The SMILES string of the molecule is ClP(OCC(Cl)(Cl)Cl)OCC(Cl)(Cl)Cl. The van der Waals surface area contributed by atoms with Crippen LogP contribution in [-0.2, 0) is 9.05 Å². The van der Waals surface area contributed by atoms with Crippen LogP contribution in [0.25, 0.3) is 0 Å². The van der Waals surface area contributed by atoms with Crippen LogP contribution >= 0.6 is 88.6 Å². The van der Waals surface area contributed by atoms with E-state index in [0.717, 1.165) is 0 Å². The van der Waals surface area contributed by atoms with Gasteiger partial charge in [-0.15, -0.1) is 0 Å². The Bertz CT molecular complexity index is 148. The summed E-state index contributed by atoms with van der Waals surface area (Å²) in [7, 11) is -1.74. The minimum absolute atomic E-state index is 0.202. The lowest BCUT2D eigenvalue weighted by atomic mass is 10.9. The molecule has 0 amide bonds. The van der Waals surface area contributed by atoms with Gasteiger partial charge in [0.1, 0.15) is 13.2 Å². The molecule has 0 aromatic carbocycles. The van der Waals surface area contributed by atoms with E-state index in [2.05, 4.69) is 0 Å². The molecule has 0 saturated carbocycles. The van der Waals surface area contributed by atoms with Crippen molar-refractivity contribution in [1.82, 2.24) is 0 Å².